The first-order chi connectivity index (χ1) is 8.35. The molecule has 1 atom stereocenters. The Morgan fingerprint density at radius 2 is 1.59 bits per heavy atom. The first-order valence-corrected chi connectivity index (χ1v) is 6.02. The van der Waals surface area contributed by atoms with Crippen molar-refractivity contribution in [2.75, 3.05) is 7.05 Å². The molecule has 2 rings (SSSR count). The summed E-state index contributed by atoms with van der Waals surface area (Å²) in [5.74, 6) is 0. The predicted octanol–water partition coefficient (Wildman–Crippen LogP) is 3.42. The number of nitrogens with one attached hydrogen (secondary N) is 1. The van der Waals surface area contributed by atoms with E-state index in [1.807, 2.05) is 31.6 Å². The second kappa shape index (κ2) is 5.60. The highest BCUT2D eigenvalue weighted by Gasteiger charge is 2.06. The molecule has 1 N–H and O–H groups in total. The van der Waals surface area contributed by atoms with Crippen molar-refractivity contribution in [1.29, 1.82) is 0 Å². The predicted molar refractivity (Wildman–Crippen MR) is 71.8 cm³/mol. The maximum Gasteiger partial charge on any atom is 0.0314 e. The van der Waals surface area contributed by atoms with Gasteiger partial charge in [-0.05, 0) is 42.3 Å². The number of hydrogen-bond acceptors (Lipinski definition) is 2. The Hall–Kier alpha value is -1.67. The van der Waals surface area contributed by atoms with Crippen molar-refractivity contribution < 1.29 is 0 Å². The molecule has 0 aliphatic heterocycles. The molecule has 0 saturated carbocycles. The fourth-order valence-corrected chi connectivity index (χ4v) is 2.06. The van der Waals surface area contributed by atoms with Gasteiger partial charge < -0.3 is 5.32 Å². The Kier molecular flexibility index (Phi) is 3.89. The average molecular weight is 226 g/mol. The molecular formula is C15H18N2. The third-order valence-corrected chi connectivity index (χ3v) is 3.08. The highest BCUT2D eigenvalue weighted by atomic mass is 14.9. The van der Waals surface area contributed by atoms with Crippen molar-refractivity contribution in [1.82, 2.24) is 10.3 Å². The maximum atomic E-state index is 4.03. The summed E-state index contributed by atoms with van der Waals surface area (Å²) in [5.41, 5.74) is 3.79. The van der Waals surface area contributed by atoms with E-state index in [1.54, 1.807) is 0 Å². The van der Waals surface area contributed by atoms with Gasteiger partial charge in [0.1, 0.15) is 0 Å². The van der Waals surface area contributed by atoms with Gasteiger partial charge in [0, 0.05) is 18.4 Å². The number of benzene rings is 1. The molecule has 1 aromatic carbocycles. The van der Waals surface area contributed by atoms with Crippen LogP contribution in [-0.2, 0) is 0 Å². The van der Waals surface area contributed by atoms with Crippen LogP contribution in [0, 0.1) is 0 Å². The molecule has 88 valence electrons. The van der Waals surface area contributed by atoms with Crippen LogP contribution in [0.5, 0.6) is 0 Å². The zero-order chi connectivity index (χ0) is 12.1. The van der Waals surface area contributed by atoms with Gasteiger partial charge in [-0.25, -0.2) is 0 Å². The molecule has 0 aliphatic rings. The van der Waals surface area contributed by atoms with Gasteiger partial charge in [0.25, 0.3) is 0 Å². The standard InChI is InChI=1S/C15H18N2/c1-3-15(16-2)14-6-4-12(5-7-14)13-8-10-17-11-9-13/h4-11,15-16H,3H2,1-2H3. The smallest absolute Gasteiger partial charge is 0.0314 e. The summed E-state index contributed by atoms with van der Waals surface area (Å²) in [6.07, 6.45) is 4.75. The van der Waals surface area contributed by atoms with Crippen LogP contribution in [0.4, 0.5) is 0 Å². The molecule has 17 heavy (non-hydrogen) atoms. The lowest BCUT2D eigenvalue weighted by Gasteiger charge is -2.14. The van der Waals surface area contributed by atoms with Crippen LogP contribution in [0.25, 0.3) is 11.1 Å². The molecule has 0 bridgehead atoms. The molecule has 2 heteroatoms. The topological polar surface area (TPSA) is 24.9 Å². The third kappa shape index (κ3) is 2.71. The van der Waals surface area contributed by atoms with Crippen molar-refractivity contribution in [3.63, 3.8) is 0 Å². The van der Waals surface area contributed by atoms with E-state index < -0.39 is 0 Å². The molecule has 0 spiro atoms. The molecule has 2 aromatic rings. The number of hydrogen-bond donors (Lipinski definition) is 1. The summed E-state index contributed by atoms with van der Waals surface area (Å²) in [7, 11) is 2.00. The normalized spacial score (nSPS) is 12.4. The van der Waals surface area contributed by atoms with Gasteiger partial charge in [-0.3, -0.25) is 4.98 Å². The van der Waals surface area contributed by atoms with Crippen molar-refractivity contribution in [2.45, 2.75) is 19.4 Å². The minimum atomic E-state index is 0.446. The van der Waals surface area contributed by atoms with Gasteiger partial charge in [-0.2, -0.15) is 0 Å². The van der Waals surface area contributed by atoms with Crippen LogP contribution in [0.3, 0.4) is 0 Å². The van der Waals surface area contributed by atoms with E-state index >= 15 is 0 Å². The highest BCUT2D eigenvalue weighted by molar-refractivity contribution is 5.62. The lowest BCUT2D eigenvalue weighted by atomic mass is 10.0. The van der Waals surface area contributed by atoms with Gasteiger partial charge in [0.05, 0.1) is 0 Å². The Morgan fingerprint density at radius 3 is 2.12 bits per heavy atom. The van der Waals surface area contributed by atoms with E-state index in [1.165, 1.54) is 16.7 Å². The van der Waals surface area contributed by atoms with Crippen LogP contribution in [0.2, 0.25) is 0 Å². The van der Waals surface area contributed by atoms with Crippen LogP contribution in [-0.4, -0.2) is 12.0 Å². The van der Waals surface area contributed by atoms with Crippen molar-refractivity contribution in [3.8, 4) is 11.1 Å². The zero-order valence-electron chi connectivity index (χ0n) is 10.4. The van der Waals surface area contributed by atoms with Gasteiger partial charge in [-0.1, -0.05) is 31.2 Å². The molecule has 0 aliphatic carbocycles. The first-order valence-electron chi connectivity index (χ1n) is 6.02. The minimum absolute atomic E-state index is 0.446. The van der Waals surface area contributed by atoms with E-state index in [0.717, 1.165) is 6.42 Å². The summed E-state index contributed by atoms with van der Waals surface area (Å²) in [6.45, 7) is 2.19. The lowest BCUT2D eigenvalue weighted by Crippen LogP contribution is -2.14. The number of nitrogens with zero attached hydrogens (tertiary/aromatic N) is 1. The van der Waals surface area contributed by atoms with Crippen molar-refractivity contribution >= 4 is 0 Å². The molecule has 2 nitrogen and oxygen atoms in total. The largest absolute Gasteiger partial charge is 0.313 e. The summed E-state index contributed by atoms with van der Waals surface area (Å²) >= 11 is 0. The number of rotatable bonds is 4. The van der Waals surface area contributed by atoms with E-state index in [4.69, 9.17) is 0 Å². The summed E-state index contributed by atoms with van der Waals surface area (Å²) < 4.78 is 0. The summed E-state index contributed by atoms with van der Waals surface area (Å²) in [4.78, 5) is 4.03. The highest BCUT2D eigenvalue weighted by Crippen LogP contribution is 2.22. The molecular weight excluding hydrogens is 208 g/mol. The summed E-state index contributed by atoms with van der Waals surface area (Å²) in [6, 6.07) is 13.2. The van der Waals surface area contributed by atoms with Crippen LogP contribution < -0.4 is 5.32 Å². The molecule has 0 fully saturated rings. The average Bonchev–Trinajstić information content (AvgIpc) is 2.42. The Labute approximate surface area is 103 Å². The van der Waals surface area contributed by atoms with Crippen molar-refractivity contribution in [3.05, 3.63) is 54.4 Å². The number of pyridine rings is 1. The van der Waals surface area contributed by atoms with Gasteiger partial charge in [-0.15, -0.1) is 0 Å². The Bertz CT molecular complexity index is 444. The third-order valence-electron chi connectivity index (χ3n) is 3.08. The van der Waals surface area contributed by atoms with Gasteiger partial charge in [0.15, 0.2) is 0 Å². The Balaban J connectivity index is 2.24. The van der Waals surface area contributed by atoms with Crippen LogP contribution in [0.1, 0.15) is 24.9 Å². The SMILES string of the molecule is CCC(NC)c1ccc(-c2ccncc2)cc1. The fourth-order valence-electron chi connectivity index (χ4n) is 2.06. The molecule has 1 unspecified atom stereocenters. The quantitative estimate of drug-likeness (QED) is 0.864. The van der Waals surface area contributed by atoms with Crippen LogP contribution >= 0.6 is 0 Å². The van der Waals surface area contributed by atoms with E-state index in [2.05, 4.69) is 41.5 Å². The Morgan fingerprint density at radius 1 is 1.00 bits per heavy atom. The summed E-state index contributed by atoms with van der Waals surface area (Å²) in [5, 5.41) is 3.32. The minimum Gasteiger partial charge on any atom is -0.313 e. The van der Waals surface area contributed by atoms with Gasteiger partial charge in [0.2, 0.25) is 0 Å². The van der Waals surface area contributed by atoms with Crippen LogP contribution in [0.15, 0.2) is 48.8 Å². The first kappa shape index (κ1) is 11.8. The molecule has 1 aromatic heterocycles. The molecule has 0 saturated heterocycles. The molecule has 1 heterocycles. The molecule has 0 amide bonds. The van der Waals surface area contributed by atoms with E-state index in [-0.39, 0.29) is 0 Å². The second-order valence-electron chi connectivity index (χ2n) is 4.11. The second-order valence-corrected chi connectivity index (χ2v) is 4.11. The zero-order valence-corrected chi connectivity index (χ0v) is 10.4. The van der Waals surface area contributed by atoms with Gasteiger partial charge >= 0.3 is 0 Å². The lowest BCUT2D eigenvalue weighted by molar-refractivity contribution is 0.577. The molecule has 0 radical (unpaired) electrons. The van der Waals surface area contributed by atoms with Crippen molar-refractivity contribution in [2.24, 2.45) is 0 Å². The van der Waals surface area contributed by atoms with E-state index in [0.29, 0.717) is 6.04 Å². The number of aromatic nitrogens is 1. The van der Waals surface area contributed by atoms with E-state index in [9.17, 15) is 0 Å². The monoisotopic (exact) mass is 226 g/mol. The maximum absolute atomic E-state index is 4.03. The fraction of sp³-hybridized carbons (Fsp3) is 0.267.